The number of nitrogens with two attached hydrogens (primary N) is 1. The summed E-state index contributed by atoms with van der Waals surface area (Å²) in [6.07, 6.45) is 1.67. The van der Waals surface area contributed by atoms with Crippen molar-refractivity contribution in [3.05, 3.63) is 66.1 Å². The second kappa shape index (κ2) is 5.93. The maximum atomic E-state index is 13.8. The third-order valence-corrected chi connectivity index (χ3v) is 3.85. The highest BCUT2D eigenvalue weighted by atomic mass is 32.1. The lowest BCUT2D eigenvalue weighted by molar-refractivity contribution is 0.290. The number of thiazole rings is 1. The molecule has 106 valence electrons. The molecule has 2 N–H and O–H groups in total. The molecule has 0 aliphatic heterocycles. The first kappa shape index (κ1) is 13.6. The molecule has 0 spiro atoms. The van der Waals surface area contributed by atoms with Gasteiger partial charge in [-0.25, -0.2) is 9.37 Å². The Morgan fingerprint density at radius 1 is 1.14 bits per heavy atom. The van der Waals surface area contributed by atoms with Crippen molar-refractivity contribution in [2.45, 2.75) is 6.61 Å². The SMILES string of the molecule is Nc1ncc(-c2ccc(F)c(OCc3ccccc3)c2)s1. The molecule has 1 heterocycles. The third-order valence-electron chi connectivity index (χ3n) is 2.98. The second-order valence-electron chi connectivity index (χ2n) is 4.48. The van der Waals surface area contributed by atoms with Crippen LogP contribution in [0, 0.1) is 5.82 Å². The molecular weight excluding hydrogens is 287 g/mol. The van der Waals surface area contributed by atoms with E-state index in [4.69, 9.17) is 10.5 Å². The number of hydrogen-bond acceptors (Lipinski definition) is 4. The molecule has 5 heteroatoms. The summed E-state index contributed by atoms with van der Waals surface area (Å²) in [6.45, 7) is 0.325. The summed E-state index contributed by atoms with van der Waals surface area (Å²) >= 11 is 1.36. The van der Waals surface area contributed by atoms with Gasteiger partial charge >= 0.3 is 0 Å². The van der Waals surface area contributed by atoms with Gasteiger partial charge < -0.3 is 10.5 Å². The van der Waals surface area contributed by atoms with E-state index in [1.165, 1.54) is 17.4 Å². The first-order valence-electron chi connectivity index (χ1n) is 6.40. The van der Waals surface area contributed by atoms with Crippen LogP contribution in [0.1, 0.15) is 5.56 Å². The Hall–Kier alpha value is -2.40. The number of benzene rings is 2. The standard InChI is InChI=1S/C16H13FN2OS/c17-13-7-6-12(15-9-19-16(18)21-15)8-14(13)20-10-11-4-2-1-3-5-11/h1-9H,10H2,(H2,18,19). The Kier molecular flexibility index (Phi) is 3.83. The fourth-order valence-corrected chi connectivity index (χ4v) is 2.60. The lowest BCUT2D eigenvalue weighted by Crippen LogP contribution is -1.97. The van der Waals surface area contributed by atoms with Crippen LogP contribution in [0.5, 0.6) is 5.75 Å². The van der Waals surface area contributed by atoms with Crippen LogP contribution in [0.3, 0.4) is 0 Å². The molecule has 0 saturated carbocycles. The smallest absolute Gasteiger partial charge is 0.180 e. The molecule has 1 aromatic heterocycles. The zero-order valence-electron chi connectivity index (χ0n) is 11.1. The molecule has 3 aromatic rings. The zero-order valence-corrected chi connectivity index (χ0v) is 11.9. The first-order chi connectivity index (χ1) is 10.2. The number of anilines is 1. The largest absolute Gasteiger partial charge is 0.486 e. The molecule has 0 aliphatic carbocycles. The highest BCUT2D eigenvalue weighted by molar-refractivity contribution is 7.18. The van der Waals surface area contributed by atoms with Gasteiger partial charge in [0.1, 0.15) is 6.61 Å². The van der Waals surface area contributed by atoms with Gasteiger partial charge in [-0.3, -0.25) is 0 Å². The third kappa shape index (κ3) is 3.20. The number of nitrogens with zero attached hydrogens (tertiary/aromatic N) is 1. The van der Waals surface area contributed by atoms with E-state index in [0.717, 1.165) is 16.0 Å². The van der Waals surface area contributed by atoms with Crippen LogP contribution in [0.2, 0.25) is 0 Å². The van der Waals surface area contributed by atoms with Crippen molar-refractivity contribution in [3.63, 3.8) is 0 Å². The molecule has 0 radical (unpaired) electrons. The van der Waals surface area contributed by atoms with Crippen LogP contribution in [-0.2, 0) is 6.61 Å². The van der Waals surface area contributed by atoms with Crippen LogP contribution in [-0.4, -0.2) is 4.98 Å². The van der Waals surface area contributed by atoms with E-state index < -0.39 is 0 Å². The zero-order chi connectivity index (χ0) is 14.7. The second-order valence-corrected chi connectivity index (χ2v) is 5.54. The molecule has 0 atom stereocenters. The molecule has 0 fully saturated rings. The number of rotatable bonds is 4. The van der Waals surface area contributed by atoms with E-state index in [9.17, 15) is 4.39 Å². The molecule has 3 nitrogen and oxygen atoms in total. The number of hydrogen-bond donors (Lipinski definition) is 1. The van der Waals surface area contributed by atoms with Gasteiger partial charge in [0.15, 0.2) is 16.7 Å². The average Bonchev–Trinajstić information content (AvgIpc) is 2.94. The molecule has 0 saturated heterocycles. The van der Waals surface area contributed by atoms with Crippen molar-refractivity contribution in [2.24, 2.45) is 0 Å². The molecule has 2 aromatic carbocycles. The topological polar surface area (TPSA) is 48.1 Å². The number of halogens is 1. The fraction of sp³-hybridized carbons (Fsp3) is 0.0625. The van der Waals surface area contributed by atoms with Crippen LogP contribution in [0.15, 0.2) is 54.7 Å². The minimum atomic E-state index is -0.382. The monoisotopic (exact) mass is 300 g/mol. The molecule has 3 rings (SSSR count). The van der Waals surface area contributed by atoms with Gasteiger partial charge in [-0.05, 0) is 23.3 Å². The van der Waals surface area contributed by atoms with Gasteiger partial charge in [-0.2, -0.15) is 0 Å². The summed E-state index contributed by atoms with van der Waals surface area (Å²) in [4.78, 5) is 4.89. The lowest BCUT2D eigenvalue weighted by Gasteiger charge is -2.08. The number of ether oxygens (including phenoxy) is 1. The minimum absolute atomic E-state index is 0.225. The lowest BCUT2D eigenvalue weighted by atomic mass is 10.2. The highest BCUT2D eigenvalue weighted by Crippen LogP contribution is 2.31. The van der Waals surface area contributed by atoms with Gasteiger partial charge in [-0.15, -0.1) is 0 Å². The summed E-state index contributed by atoms with van der Waals surface area (Å²) in [5.41, 5.74) is 7.45. The molecule has 21 heavy (non-hydrogen) atoms. The fourth-order valence-electron chi connectivity index (χ4n) is 1.92. The number of aromatic nitrogens is 1. The maximum Gasteiger partial charge on any atom is 0.180 e. The quantitative estimate of drug-likeness (QED) is 0.788. The minimum Gasteiger partial charge on any atom is -0.486 e. The van der Waals surface area contributed by atoms with Gasteiger partial charge in [0.05, 0.1) is 4.88 Å². The van der Waals surface area contributed by atoms with E-state index >= 15 is 0 Å². The molecule has 0 unspecified atom stereocenters. The van der Waals surface area contributed by atoms with Gasteiger partial charge in [0, 0.05) is 6.20 Å². The first-order valence-corrected chi connectivity index (χ1v) is 7.22. The van der Waals surface area contributed by atoms with E-state index in [-0.39, 0.29) is 11.6 Å². The average molecular weight is 300 g/mol. The van der Waals surface area contributed by atoms with E-state index in [1.807, 2.05) is 30.3 Å². The molecule has 0 bridgehead atoms. The molecule has 0 amide bonds. The molecule has 0 aliphatic rings. The predicted octanol–water partition coefficient (Wildman–Crippen LogP) is 4.11. The summed E-state index contributed by atoms with van der Waals surface area (Å²) in [7, 11) is 0. The summed E-state index contributed by atoms with van der Waals surface area (Å²) in [5, 5.41) is 0.487. The summed E-state index contributed by atoms with van der Waals surface area (Å²) < 4.78 is 19.4. The van der Waals surface area contributed by atoms with Gasteiger partial charge in [0.2, 0.25) is 0 Å². The van der Waals surface area contributed by atoms with Crippen LogP contribution in [0.25, 0.3) is 10.4 Å². The Bertz CT molecular complexity index is 743. The molecular formula is C16H13FN2OS. The maximum absolute atomic E-state index is 13.8. The summed E-state index contributed by atoms with van der Waals surface area (Å²) in [6, 6.07) is 14.4. The predicted molar refractivity (Wildman–Crippen MR) is 82.7 cm³/mol. The Morgan fingerprint density at radius 3 is 2.67 bits per heavy atom. The van der Waals surface area contributed by atoms with E-state index in [0.29, 0.717) is 11.7 Å². The van der Waals surface area contributed by atoms with Crippen molar-refractivity contribution >= 4 is 16.5 Å². The van der Waals surface area contributed by atoms with Crippen molar-refractivity contribution in [2.75, 3.05) is 5.73 Å². The Balaban J connectivity index is 1.81. The van der Waals surface area contributed by atoms with Crippen molar-refractivity contribution in [3.8, 4) is 16.2 Å². The summed E-state index contributed by atoms with van der Waals surface area (Å²) in [5.74, 6) is -0.157. The van der Waals surface area contributed by atoms with Crippen LogP contribution < -0.4 is 10.5 Å². The Morgan fingerprint density at radius 2 is 1.95 bits per heavy atom. The van der Waals surface area contributed by atoms with Crippen molar-refractivity contribution in [1.29, 1.82) is 0 Å². The van der Waals surface area contributed by atoms with Gasteiger partial charge in [0.25, 0.3) is 0 Å². The highest BCUT2D eigenvalue weighted by Gasteiger charge is 2.09. The number of nitrogen functional groups attached to an aromatic ring is 1. The normalized spacial score (nSPS) is 10.5. The van der Waals surface area contributed by atoms with Crippen LogP contribution in [0.4, 0.5) is 9.52 Å². The van der Waals surface area contributed by atoms with Crippen LogP contribution >= 0.6 is 11.3 Å². The van der Waals surface area contributed by atoms with Crippen molar-refractivity contribution < 1.29 is 9.13 Å². The Labute approximate surface area is 125 Å². The van der Waals surface area contributed by atoms with E-state index in [1.54, 1.807) is 18.3 Å². The van der Waals surface area contributed by atoms with Crippen molar-refractivity contribution in [1.82, 2.24) is 4.98 Å². The van der Waals surface area contributed by atoms with E-state index in [2.05, 4.69) is 4.98 Å². The van der Waals surface area contributed by atoms with Gasteiger partial charge in [-0.1, -0.05) is 47.7 Å².